The van der Waals surface area contributed by atoms with E-state index in [1.807, 2.05) is 0 Å². The van der Waals surface area contributed by atoms with Gasteiger partial charge in [-0.15, -0.1) is 0 Å². The lowest BCUT2D eigenvalue weighted by atomic mass is 10.1. The van der Waals surface area contributed by atoms with Crippen LogP contribution in [0.15, 0.2) is 84.9 Å². The van der Waals surface area contributed by atoms with Crippen molar-refractivity contribution in [3.63, 3.8) is 0 Å². The van der Waals surface area contributed by atoms with E-state index >= 15 is 0 Å². The average molecular weight is 420 g/mol. The molecule has 0 spiro atoms. The molecule has 0 amide bonds. The van der Waals surface area contributed by atoms with Gasteiger partial charge in [0.05, 0.1) is 0 Å². The summed E-state index contributed by atoms with van der Waals surface area (Å²) in [5, 5.41) is 2.55. The topological polar surface area (TPSA) is 11.4 Å². The molecule has 0 N–H and O–H groups in total. The number of benzene rings is 4. The molecule has 160 valence electrons. The minimum atomic E-state index is 1.19. The third-order valence-electron chi connectivity index (χ3n) is 6.59. The van der Waals surface area contributed by atoms with Gasteiger partial charge in [0.25, 0.3) is 0 Å². The minimum absolute atomic E-state index is 1.19. The van der Waals surface area contributed by atoms with E-state index in [4.69, 9.17) is 0 Å². The zero-order valence-electron chi connectivity index (χ0n) is 19.4. The molecule has 0 fully saturated rings. The standard InChI is InChI=1S/C29H29N3/c1-20-6-10-22(11-7-20)30(3)24-14-16-28-26(18-24)27-19-25(15-17-29(27)32(28)5)31(4)23-12-8-21(2)9-13-23/h6-19H,1-5H3. The van der Waals surface area contributed by atoms with Gasteiger partial charge in [-0.3, -0.25) is 0 Å². The summed E-state index contributed by atoms with van der Waals surface area (Å²) in [6.45, 7) is 4.24. The molecule has 5 rings (SSSR count). The van der Waals surface area contributed by atoms with Crippen LogP contribution in [0.5, 0.6) is 0 Å². The number of fused-ring (bicyclic) bond motifs is 3. The van der Waals surface area contributed by atoms with E-state index in [2.05, 4.69) is 134 Å². The second-order valence-corrected chi connectivity index (χ2v) is 8.75. The lowest BCUT2D eigenvalue weighted by Crippen LogP contribution is -2.09. The molecule has 1 heterocycles. The highest BCUT2D eigenvalue weighted by Crippen LogP contribution is 2.36. The Hall–Kier alpha value is -3.72. The highest BCUT2D eigenvalue weighted by Gasteiger charge is 2.13. The molecule has 4 aromatic carbocycles. The van der Waals surface area contributed by atoms with E-state index in [1.54, 1.807) is 0 Å². The van der Waals surface area contributed by atoms with Crippen molar-refractivity contribution < 1.29 is 0 Å². The van der Waals surface area contributed by atoms with Gasteiger partial charge < -0.3 is 14.4 Å². The van der Waals surface area contributed by atoms with Crippen LogP contribution in [0.1, 0.15) is 11.1 Å². The summed E-state index contributed by atoms with van der Waals surface area (Å²) < 4.78 is 2.29. The molecule has 3 heteroatoms. The molecule has 0 bridgehead atoms. The van der Waals surface area contributed by atoms with Crippen LogP contribution < -0.4 is 9.80 Å². The SMILES string of the molecule is Cc1ccc(N(C)c2ccc3c(c2)c2cc(N(C)c4ccc(C)cc4)ccc2n3C)cc1. The smallest absolute Gasteiger partial charge is 0.0490 e. The van der Waals surface area contributed by atoms with Crippen LogP contribution in [-0.2, 0) is 7.05 Å². The fourth-order valence-electron chi connectivity index (χ4n) is 4.45. The van der Waals surface area contributed by atoms with Crippen LogP contribution in [0.3, 0.4) is 0 Å². The van der Waals surface area contributed by atoms with Gasteiger partial charge in [-0.05, 0) is 74.5 Å². The Kier molecular flexibility index (Phi) is 4.90. The van der Waals surface area contributed by atoms with Crippen LogP contribution in [-0.4, -0.2) is 18.7 Å². The molecule has 0 saturated heterocycles. The van der Waals surface area contributed by atoms with Crippen molar-refractivity contribution in [2.45, 2.75) is 13.8 Å². The maximum Gasteiger partial charge on any atom is 0.0490 e. The molecule has 0 atom stereocenters. The molecule has 0 aliphatic rings. The maximum absolute atomic E-state index is 2.31. The maximum atomic E-state index is 2.31. The van der Waals surface area contributed by atoms with Crippen LogP contribution in [0.2, 0.25) is 0 Å². The quantitative estimate of drug-likeness (QED) is 0.299. The van der Waals surface area contributed by atoms with Gasteiger partial charge in [0.15, 0.2) is 0 Å². The summed E-state index contributed by atoms with van der Waals surface area (Å²) in [6, 6.07) is 30.9. The van der Waals surface area contributed by atoms with Crippen molar-refractivity contribution >= 4 is 44.6 Å². The number of aromatic nitrogens is 1. The molecule has 0 saturated carbocycles. The number of hydrogen-bond donors (Lipinski definition) is 0. The number of aryl methyl sites for hydroxylation is 3. The number of anilines is 4. The van der Waals surface area contributed by atoms with Crippen LogP contribution in [0.25, 0.3) is 21.8 Å². The molecular weight excluding hydrogens is 390 g/mol. The predicted molar refractivity (Wildman–Crippen MR) is 139 cm³/mol. The van der Waals surface area contributed by atoms with Gasteiger partial charge in [-0.1, -0.05) is 35.4 Å². The normalized spacial score (nSPS) is 11.3. The van der Waals surface area contributed by atoms with E-state index in [-0.39, 0.29) is 0 Å². The van der Waals surface area contributed by atoms with Crippen molar-refractivity contribution in [2.24, 2.45) is 7.05 Å². The number of rotatable bonds is 4. The second-order valence-electron chi connectivity index (χ2n) is 8.75. The highest BCUT2D eigenvalue weighted by atomic mass is 15.1. The molecule has 0 aliphatic heterocycles. The van der Waals surface area contributed by atoms with Gasteiger partial charge in [-0.25, -0.2) is 0 Å². The van der Waals surface area contributed by atoms with Crippen molar-refractivity contribution in [1.82, 2.24) is 4.57 Å². The molecule has 32 heavy (non-hydrogen) atoms. The molecule has 0 unspecified atom stereocenters. The second kappa shape index (κ2) is 7.76. The Labute approximate surface area is 190 Å². The first-order valence-electron chi connectivity index (χ1n) is 11.1. The summed E-state index contributed by atoms with van der Waals surface area (Å²) in [6.07, 6.45) is 0. The van der Waals surface area contributed by atoms with E-state index in [0.29, 0.717) is 0 Å². The summed E-state index contributed by atoms with van der Waals surface area (Å²) in [7, 11) is 6.42. The molecular formula is C29H29N3. The van der Waals surface area contributed by atoms with Gasteiger partial charge >= 0.3 is 0 Å². The van der Waals surface area contributed by atoms with Crippen molar-refractivity contribution in [3.8, 4) is 0 Å². The Morgan fingerprint density at radius 2 is 0.844 bits per heavy atom. The molecule has 1 aromatic heterocycles. The summed E-state index contributed by atoms with van der Waals surface area (Å²) in [5.41, 5.74) is 9.79. The van der Waals surface area contributed by atoms with Crippen molar-refractivity contribution in [1.29, 1.82) is 0 Å². The van der Waals surface area contributed by atoms with E-state index < -0.39 is 0 Å². The van der Waals surface area contributed by atoms with Crippen molar-refractivity contribution in [2.75, 3.05) is 23.9 Å². The zero-order chi connectivity index (χ0) is 22.4. The molecule has 0 aliphatic carbocycles. The zero-order valence-corrected chi connectivity index (χ0v) is 19.4. The summed E-state index contributed by atoms with van der Waals surface area (Å²) in [4.78, 5) is 4.50. The Bertz CT molecular complexity index is 1300. The lowest BCUT2D eigenvalue weighted by molar-refractivity contribution is 1.01. The first-order chi connectivity index (χ1) is 15.4. The monoisotopic (exact) mass is 419 g/mol. The predicted octanol–water partition coefficient (Wildman–Crippen LogP) is 7.48. The van der Waals surface area contributed by atoms with E-state index in [9.17, 15) is 0 Å². The largest absolute Gasteiger partial charge is 0.345 e. The Balaban J connectivity index is 1.61. The number of hydrogen-bond acceptors (Lipinski definition) is 2. The molecule has 5 aromatic rings. The third-order valence-corrected chi connectivity index (χ3v) is 6.59. The third kappa shape index (κ3) is 3.40. The van der Waals surface area contributed by atoms with Gasteiger partial charge in [0.1, 0.15) is 0 Å². The lowest BCUT2D eigenvalue weighted by Gasteiger charge is -2.20. The van der Waals surface area contributed by atoms with E-state index in [0.717, 1.165) is 0 Å². The van der Waals surface area contributed by atoms with Crippen LogP contribution in [0, 0.1) is 13.8 Å². The minimum Gasteiger partial charge on any atom is -0.345 e. The molecule has 0 radical (unpaired) electrons. The summed E-state index contributed by atoms with van der Waals surface area (Å²) in [5.74, 6) is 0. The summed E-state index contributed by atoms with van der Waals surface area (Å²) >= 11 is 0. The molecule has 3 nitrogen and oxygen atoms in total. The average Bonchev–Trinajstić information content (AvgIpc) is 3.10. The number of nitrogens with zero attached hydrogens (tertiary/aromatic N) is 3. The van der Waals surface area contributed by atoms with Gasteiger partial charge in [-0.2, -0.15) is 0 Å². The highest BCUT2D eigenvalue weighted by molar-refractivity contribution is 6.10. The Morgan fingerprint density at radius 1 is 0.500 bits per heavy atom. The van der Waals surface area contributed by atoms with Gasteiger partial charge in [0.2, 0.25) is 0 Å². The fourth-order valence-corrected chi connectivity index (χ4v) is 4.45. The van der Waals surface area contributed by atoms with Crippen LogP contribution >= 0.6 is 0 Å². The Morgan fingerprint density at radius 3 is 1.22 bits per heavy atom. The van der Waals surface area contributed by atoms with E-state index in [1.165, 1.54) is 55.7 Å². The first-order valence-corrected chi connectivity index (χ1v) is 11.1. The van der Waals surface area contributed by atoms with Crippen LogP contribution in [0.4, 0.5) is 22.7 Å². The van der Waals surface area contributed by atoms with Crippen molar-refractivity contribution in [3.05, 3.63) is 96.1 Å². The first kappa shape index (κ1) is 20.2. The fraction of sp³-hybridized carbons (Fsp3) is 0.172. The van der Waals surface area contributed by atoms with Gasteiger partial charge in [0, 0.05) is 65.7 Å².